The van der Waals surface area contributed by atoms with Crippen LogP contribution in [-0.2, 0) is 2.14 Å². The lowest BCUT2D eigenvalue weighted by atomic mass is 10.1. The van der Waals surface area contributed by atoms with Crippen LogP contribution in [0.25, 0.3) is 10.9 Å². The van der Waals surface area contributed by atoms with Crippen LogP contribution in [0.2, 0.25) is 0 Å². The standard InChI is InChI=1S/C9H5Br3N2/c10-9(11,12)7-5-13-14-8-4-2-1-3-6(7)8/h1-5H. The molecule has 1 heterocycles. The summed E-state index contributed by atoms with van der Waals surface area (Å²) >= 11 is 10.4. The Labute approximate surface area is 106 Å². The number of hydrogen-bond acceptors (Lipinski definition) is 2. The topological polar surface area (TPSA) is 25.8 Å². The first-order valence-electron chi connectivity index (χ1n) is 3.86. The Morgan fingerprint density at radius 3 is 2.50 bits per heavy atom. The molecule has 0 aliphatic rings. The molecular formula is C9H5Br3N2. The zero-order valence-electron chi connectivity index (χ0n) is 6.92. The van der Waals surface area contributed by atoms with Crippen LogP contribution >= 0.6 is 47.8 Å². The summed E-state index contributed by atoms with van der Waals surface area (Å²) < 4.78 is -0.442. The fourth-order valence-corrected chi connectivity index (χ4v) is 2.18. The Hall–Kier alpha value is 0.000000000000000222. The van der Waals surface area contributed by atoms with Gasteiger partial charge < -0.3 is 0 Å². The van der Waals surface area contributed by atoms with Crippen molar-refractivity contribution in [3.63, 3.8) is 0 Å². The van der Waals surface area contributed by atoms with Crippen molar-refractivity contribution >= 4 is 58.7 Å². The number of alkyl halides is 3. The molecule has 2 rings (SSSR count). The zero-order chi connectivity index (χ0) is 10.2. The van der Waals surface area contributed by atoms with Crippen molar-refractivity contribution < 1.29 is 0 Å². The van der Waals surface area contributed by atoms with E-state index in [0.29, 0.717) is 0 Å². The summed E-state index contributed by atoms with van der Waals surface area (Å²) in [7, 11) is 0. The molecule has 0 amide bonds. The van der Waals surface area contributed by atoms with Crippen LogP contribution in [0.15, 0.2) is 30.5 Å². The average Bonchev–Trinajstić information content (AvgIpc) is 2.15. The van der Waals surface area contributed by atoms with Crippen molar-refractivity contribution in [3.8, 4) is 0 Å². The molecule has 0 N–H and O–H groups in total. The van der Waals surface area contributed by atoms with Gasteiger partial charge in [-0.3, -0.25) is 0 Å². The molecule has 1 aromatic carbocycles. The van der Waals surface area contributed by atoms with Crippen LogP contribution < -0.4 is 0 Å². The minimum Gasteiger partial charge on any atom is -0.158 e. The fourth-order valence-electron chi connectivity index (χ4n) is 1.23. The van der Waals surface area contributed by atoms with Gasteiger partial charge in [0.15, 0.2) is 2.14 Å². The number of halogens is 3. The molecule has 0 saturated heterocycles. The van der Waals surface area contributed by atoms with Gasteiger partial charge in [0.25, 0.3) is 0 Å². The lowest BCUT2D eigenvalue weighted by molar-refractivity contribution is 1.05. The van der Waals surface area contributed by atoms with Gasteiger partial charge in [-0.25, -0.2) is 0 Å². The summed E-state index contributed by atoms with van der Waals surface area (Å²) in [6.45, 7) is 0. The molecule has 2 aromatic rings. The first-order chi connectivity index (χ1) is 6.59. The number of benzene rings is 1. The first kappa shape index (κ1) is 10.5. The van der Waals surface area contributed by atoms with Crippen molar-refractivity contribution in [2.24, 2.45) is 0 Å². The molecule has 0 fully saturated rings. The Kier molecular flexibility index (Phi) is 2.91. The predicted molar refractivity (Wildman–Crippen MR) is 68.0 cm³/mol. The second-order valence-electron chi connectivity index (χ2n) is 2.77. The van der Waals surface area contributed by atoms with E-state index < -0.39 is 2.14 Å². The minimum atomic E-state index is -0.442. The van der Waals surface area contributed by atoms with E-state index in [2.05, 4.69) is 58.0 Å². The normalized spacial score (nSPS) is 11.9. The van der Waals surface area contributed by atoms with E-state index in [0.717, 1.165) is 16.5 Å². The summed E-state index contributed by atoms with van der Waals surface area (Å²) in [5.41, 5.74) is 1.89. The molecule has 14 heavy (non-hydrogen) atoms. The molecule has 0 spiro atoms. The van der Waals surface area contributed by atoms with Crippen molar-refractivity contribution in [1.29, 1.82) is 0 Å². The van der Waals surface area contributed by atoms with Crippen LogP contribution in [0.3, 0.4) is 0 Å². The highest BCUT2D eigenvalue weighted by Crippen LogP contribution is 2.46. The molecule has 0 bridgehead atoms. The Bertz CT molecular complexity index is 460. The summed E-state index contributed by atoms with van der Waals surface area (Å²) in [5, 5.41) is 9.05. The maximum absolute atomic E-state index is 4.04. The maximum atomic E-state index is 4.04. The third kappa shape index (κ3) is 1.99. The van der Waals surface area contributed by atoms with Crippen LogP contribution in [0.1, 0.15) is 5.56 Å². The highest BCUT2D eigenvalue weighted by Gasteiger charge is 2.23. The molecule has 2 nitrogen and oxygen atoms in total. The Morgan fingerprint density at radius 1 is 1.07 bits per heavy atom. The smallest absolute Gasteiger partial charge is 0.158 e. The van der Waals surface area contributed by atoms with Crippen molar-refractivity contribution in [1.82, 2.24) is 10.2 Å². The Morgan fingerprint density at radius 2 is 1.79 bits per heavy atom. The molecule has 0 aliphatic carbocycles. The monoisotopic (exact) mass is 378 g/mol. The van der Waals surface area contributed by atoms with Gasteiger partial charge in [0, 0.05) is 10.9 Å². The number of aromatic nitrogens is 2. The third-order valence-electron chi connectivity index (χ3n) is 1.85. The molecule has 72 valence electrons. The lowest BCUT2D eigenvalue weighted by Crippen LogP contribution is -2.01. The van der Waals surface area contributed by atoms with Gasteiger partial charge in [-0.1, -0.05) is 66.0 Å². The van der Waals surface area contributed by atoms with E-state index in [4.69, 9.17) is 0 Å². The van der Waals surface area contributed by atoms with E-state index >= 15 is 0 Å². The highest BCUT2D eigenvalue weighted by atomic mass is 80.0. The van der Waals surface area contributed by atoms with Gasteiger partial charge >= 0.3 is 0 Å². The molecule has 0 atom stereocenters. The summed E-state index contributed by atoms with van der Waals surface area (Å²) in [6.07, 6.45) is 1.72. The van der Waals surface area contributed by atoms with E-state index in [1.165, 1.54) is 0 Å². The summed E-state index contributed by atoms with van der Waals surface area (Å²) in [4.78, 5) is 0. The number of rotatable bonds is 0. The van der Waals surface area contributed by atoms with Gasteiger partial charge in [0.05, 0.1) is 11.7 Å². The number of hydrogen-bond donors (Lipinski definition) is 0. The van der Waals surface area contributed by atoms with Gasteiger partial charge in [0.2, 0.25) is 0 Å². The molecule has 1 aromatic heterocycles. The van der Waals surface area contributed by atoms with Crippen molar-refractivity contribution in [2.75, 3.05) is 0 Å². The van der Waals surface area contributed by atoms with Crippen molar-refractivity contribution in [2.45, 2.75) is 2.14 Å². The molecule has 0 radical (unpaired) electrons. The third-order valence-corrected chi connectivity index (χ3v) is 3.13. The van der Waals surface area contributed by atoms with Gasteiger partial charge in [-0.2, -0.15) is 10.2 Å². The first-order valence-corrected chi connectivity index (χ1v) is 6.24. The zero-order valence-corrected chi connectivity index (χ0v) is 11.7. The average molecular weight is 381 g/mol. The van der Waals surface area contributed by atoms with Crippen LogP contribution in [-0.4, -0.2) is 10.2 Å². The largest absolute Gasteiger partial charge is 0.162 e. The van der Waals surface area contributed by atoms with Gasteiger partial charge in [-0.05, 0) is 6.07 Å². The molecule has 0 aliphatic heterocycles. The van der Waals surface area contributed by atoms with Crippen LogP contribution in [0, 0.1) is 0 Å². The van der Waals surface area contributed by atoms with E-state index in [1.807, 2.05) is 24.3 Å². The summed E-state index contributed by atoms with van der Waals surface area (Å²) in [5.74, 6) is 0. The van der Waals surface area contributed by atoms with Crippen LogP contribution in [0.5, 0.6) is 0 Å². The molecule has 0 unspecified atom stereocenters. The highest BCUT2D eigenvalue weighted by molar-refractivity contribution is 9.38. The predicted octanol–water partition coefficient (Wildman–Crippen LogP) is 3.92. The maximum Gasteiger partial charge on any atom is 0.162 e. The molecule has 0 saturated carbocycles. The summed E-state index contributed by atoms with van der Waals surface area (Å²) in [6, 6.07) is 7.87. The van der Waals surface area contributed by atoms with E-state index in [9.17, 15) is 0 Å². The lowest BCUT2D eigenvalue weighted by Gasteiger charge is -2.13. The number of fused-ring (bicyclic) bond motifs is 1. The van der Waals surface area contributed by atoms with E-state index in [1.54, 1.807) is 6.20 Å². The fraction of sp³-hybridized carbons (Fsp3) is 0.111. The van der Waals surface area contributed by atoms with Gasteiger partial charge in [-0.15, -0.1) is 0 Å². The quantitative estimate of drug-likeness (QED) is 0.647. The second kappa shape index (κ2) is 3.87. The van der Waals surface area contributed by atoms with E-state index in [-0.39, 0.29) is 0 Å². The molecular weight excluding hydrogens is 376 g/mol. The van der Waals surface area contributed by atoms with Gasteiger partial charge in [0.1, 0.15) is 0 Å². The molecule has 5 heteroatoms. The van der Waals surface area contributed by atoms with Crippen molar-refractivity contribution in [3.05, 3.63) is 36.0 Å². The minimum absolute atomic E-state index is 0.442. The SMILES string of the molecule is BrC(Br)(Br)c1cnnc2ccccc12. The number of nitrogens with zero attached hydrogens (tertiary/aromatic N) is 2. The Balaban J connectivity index is 2.78. The second-order valence-corrected chi connectivity index (χ2v) is 9.53. The van der Waals surface area contributed by atoms with Crippen LogP contribution in [0.4, 0.5) is 0 Å².